The Kier molecular flexibility index (Phi) is 6.43. The van der Waals surface area contributed by atoms with Gasteiger partial charge in [-0.1, -0.05) is 48.5 Å². The normalized spacial score (nSPS) is 10.9. The number of nitrogens with zero attached hydrogens (tertiary/aromatic N) is 3. The van der Waals surface area contributed by atoms with Crippen LogP contribution in [0.25, 0.3) is 16.5 Å². The second-order valence-electron chi connectivity index (χ2n) is 7.85. The topological polar surface area (TPSA) is 92.7 Å². The first-order valence-corrected chi connectivity index (χ1v) is 12.5. The molecule has 5 aromatic rings. The second-order valence-corrected chi connectivity index (χ2v) is 9.66. The van der Waals surface area contributed by atoms with E-state index in [0.717, 1.165) is 10.4 Å². The van der Waals surface area contributed by atoms with Gasteiger partial charge >= 0.3 is 0 Å². The van der Waals surface area contributed by atoms with E-state index >= 15 is 0 Å². The first-order valence-electron chi connectivity index (χ1n) is 10.8. The molecule has 0 unspecified atom stereocenters. The van der Waals surface area contributed by atoms with Gasteiger partial charge in [-0.3, -0.25) is 14.6 Å². The fourth-order valence-electron chi connectivity index (χ4n) is 3.71. The molecule has 0 saturated carbocycles. The number of nitrogens with one attached hydrogen (secondary N) is 2. The van der Waals surface area contributed by atoms with Gasteiger partial charge in [0.1, 0.15) is 11.5 Å². The summed E-state index contributed by atoms with van der Waals surface area (Å²) in [7, 11) is 0. The van der Waals surface area contributed by atoms with Crippen LogP contribution in [0.1, 0.15) is 27.2 Å². The number of hydrogen-bond donors (Lipinski definition) is 2. The van der Waals surface area contributed by atoms with E-state index in [9.17, 15) is 9.59 Å². The molecule has 9 heteroatoms. The van der Waals surface area contributed by atoms with Crippen molar-refractivity contribution in [2.75, 3.05) is 5.32 Å². The zero-order valence-corrected chi connectivity index (χ0v) is 21.1. The van der Waals surface area contributed by atoms with Crippen molar-refractivity contribution in [3.8, 4) is 16.5 Å². The summed E-state index contributed by atoms with van der Waals surface area (Å²) in [4.78, 5) is 34.5. The summed E-state index contributed by atoms with van der Waals surface area (Å²) in [6.07, 6.45) is 0.473. The standard InChI is InChI=1S/C26H20BrN5O2S/c1-16-19(14-17-8-3-2-4-9-17)25(34)30-26(28-16)32-23(15-21(31-32)22-12-7-13-35-22)29-24(33)18-10-5-6-11-20(18)27/h2-13,15H,14H2,1H3,(H,29,33)(H,28,30,34). The van der Waals surface area contributed by atoms with Crippen molar-refractivity contribution >= 4 is 39.0 Å². The van der Waals surface area contributed by atoms with E-state index in [1.54, 1.807) is 31.2 Å². The molecule has 0 aliphatic carbocycles. The molecule has 2 N–H and O–H groups in total. The average Bonchev–Trinajstić information content (AvgIpc) is 3.52. The maximum Gasteiger partial charge on any atom is 0.257 e. The lowest BCUT2D eigenvalue weighted by Gasteiger charge is -2.11. The van der Waals surface area contributed by atoms with Crippen LogP contribution in [0, 0.1) is 6.92 Å². The van der Waals surface area contributed by atoms with E-state index < -0.39 is 0 Å². The Morgan fingerprint density at radius 2 is 1.86 bits per heavy atom. The largest absolute Gasteiger partial charge is 0.306 e. The van der Waals surface area contributed by atoms with Crippen LogP contribution in [-0.4, -0.2) is 25.7 Å². The SMILES string of the molecule is Cc1nc(-n2nc(-c3cccs3)cc2NC(=O)c2ccccc2Br)[nH]c(=O)c1Cc1ccccc1. The zero-order valence-electron chi connectivity index (χ0n) is 18.7. The van der Waals surface area contributed by atoms with Gasteiger partial charge in [0.25, 0.3) is 11.5 Å². The van der Waals surface area contributed by atoms with Gasteiger partial charge in [0.2, 0.25) is 5.95 Å². The van der Waals surface area contributed by atoms with E-state index in [-0.39, 0.29) is 17.4 Å². The van der Waals surface area contributed by atoms with Gasteiger partial charge in [-0.2, -0.15) is 9.78 Å². The predicted octanol–water partition coefficient (Wildman–Crippen LogP) is 5.60. The Balaban J connectivity index is 1.55. The summed E-state index contributed by atoms with van der Waals surface area (Å²) in [5.74, 6) is 0.318. The van der Waals surface area contributed by atoms with Gasteiger partial charge in [0.05, 0.1) is 16.1 Å². The maximum atomic E-state index is 13.0. The van der Waals surface area contributed by atoms with E-state index in [1.165, 1.54) is 16.0 Å². The van der Waals surface area contributed by atoms with Crippen molar-refractivity contribution in [1.29, 1.82) is 0 Å². The lowest BCUT2D eigenvalue weighted by atomic mass is 10.1. The number of H-pyrrole nitrogens is 1. The third-order valence-electron chi connectivity index (χ3n) is 5.48. The molecule has 0 fully saturated rings. The fraction of sp³-hybridized carbons (Fsp3) is 0.0769. The monoisotopic (exact) mass is 545 g/mol. The number of rotatable bonds is 6. The second kappa shape index (κ2) is 9.81. The summed E-state index contributed by atoms with van der Waals surface area (Å²) in [6, 6.07) is 22.6. The summed E-state index contributed by atoms with van der Waals surface area (Å²) >= 11 is 4.96. The summed E-state index contributed by atoms with van der Waals surface area (Å²) in [6.45, 7) is 1.81. The van der Waals surface area contributed by atoms with Crippen LogP contribution >= 0.6 is 27.3 Å². The third-order valence-corrected chi connectivity index (χ3v) is 7.06. The van der Waals surface area contributed by atoms with E-state index in [0.29, 0.717) is 39.2 Å². The molecule has 0 aliphatic heterocycles. The minimum absolute atomic E-state index is 0.231. The van der Waals surface area contributed by atoms with Crippen LogP contribution in [0.3, 0.4) is 0 Å². The molecule has 0 atom stereocenters. The van der Waals surface area contributed by atoms with Crippen molar-refractivity contribution in [3.63, 3.8) is 0 Å². The number of amides is 1. The lowest BCUT2D eigenvalue weighted by molar-refractivity contribution is 0.102. The molecule has 3 aromatic heterocycles. The van der Waals surface area contributed by atoms with Crippen molar-refractivity contribution < 1.29 is 4.79 Å². The Hall–Kier alpha value is -3.82. The lowest BCUT2D eigenvalue weighted by Crippen LogP contribution is -2.22. The summed E-state index contributed by atoms with van der Waals surface area (Å²) in [5.41, 5.74) is 3.11. The van der Waals surface area contributed by atoms with Gasteiger partial charge in [-0.25, -0.2) is 4.98 Å². The molecule has 174 valence electrons. The van der Waals surface area contributed by atoms with E-state index in [2.05, 4.69) is 36.3 Å². The zero-order chi connectivity index (χ0) is 24.4. The molecule has 0 spiro atoms. The highest BCUT2D eigenvalue weighted by molar-refractivity contribution is 9.10. The summed E-state index contributed by atoms with van der Waals surface area (Å²) in [5, 5.41) is 9.53. The first kappa shape index (κ1) is 22.9. The van der Waals surface area contributed by atoms with Crippen LogP contribution in [-0.2, 0) is 6.42 Å². The smallest absolute Gasteiger partial charge is 0.257 e. The number of halogens is 1. The van der Waals surface area contributed by atoms with Crippen LogP contribution in [0.4, 0.5) is 5.82 Å². The Morgan fingerprint density at radius 3 is 2.57 bits per heavy atom. The number of aromatic nitrogens is 4. The first-order chi connectivity index (χ1) is 17.0. The number of hydrogen-bond acceptors (Lipinski definition) is 5. The molecule has 0 radical (unpaired) electrons. The van der Waals surface area contributed by atoms with Crippen LogP contribution in [0.2, 0.25) is 0 Å². The van der Waals surface area contributed by atoms with Crippen LogP contribution in [0.5, 0.6) is 0 Å². The number of aromatic amines is 1. The van der Waals surface area contributed by atoms with Crippen molar-refractivity contribution in [2.24, 2.45) is 0 Å². The van der Waals surface area contributed by atoms with Crippen molar-refractivity contribution in [2.45, 2.75) is 13.3 Å². The van der Waals surface area contributed by atoms with Gasteiger partial charge < -0.3 is 5.32 Å². The quantitative estimate of drug-likeness (QED) is 0.290. The van der Waals surface area contributed by atoms with Crippen molar-refractivity contribution in [3.05, 3.63) is 115 Å². The van der Waals surface area contributed by atoms with Crippen molar-refractivity contribution in [1.82, 2.24) is 19.7 Å². The Bertz CT molecular complexity index is 1560. The third kappa shape index (κ3) is 4.87. The number of anilines is 1. The molecule has 3 heterocycles. The number of carbonyl (C=O) groups excluding carboxylic acids is 1. The Morgan fingerprint density at radius 1 is 1.09 bits per heavy atom. The molecule has 5 rings (SSSR count). The Labute approximate surface area is 213 Å². The predicted molar refractivity (Wildman–Crippen MR) is 141 cm³/mol. The molecule has 7 nitrogen and oxygen atoms in total. The molecule has 0 aliphatic rings. The molecule has 2 aromatic carbocycles. The fourth-order valence-corrected chi connectivity index (χ4v) is 4.86. The number of carbonyl (C=O) groups is 1. The highest BCUT2D eigenvalue weighted by atomic mass is 79.9. The van der Waals surface area contributed by atoms with Gasteiger partial charge in [0.15, 0.2) is 0 Å². The number of benzene rings is 2. The minimum atomic E-state index is -0.309. The van der Waals surface area contributed by atoms with E-state index in [1.807, 2.05) is 53.9 Å². The highest BCUT2D eigenvalue weighted by Crippen LogP contribution is 2.28. The van der Waals surface area contributed by atoms with Crippen LogP contribution < -0.4 is 10.9 Å². The molecular formula is C26H20BrN5O2S. The number of thiophene rings is 1. The maximum absolute atomic E-state index is 13.0. The van der Waals surface area contributed by atoms with Gasteiger partial charge in [0, 0.05) is 22.5 Å². The average molecular weight is 546 g/mol. The summed E-state index contributed by atoms with van der Waals surface area (Å²) < 4.78 is 2.14. The van der Waals surface area contributed by atoms with E-state index in [4.69, 9.17) is 0 Å². The number of aryl methyl sites for hydroxylation is 1. The van der Waals surface area contributed by atoms with Crippen LogP contribution in [0.15, 0.2) is 87.4 Å². The molecule has 0 bridgehead atoms. The molecule has 0 saturated heterocycles. The van der Waals surface area contributed by atoms with Gasteiger partial charge in [-0.05, 0) is 52.0 Å². The highest BCUT2D eigenvalue weighted by Gasteiger charge is 2.19. The molecular weight excluding hydrogens is 526 g/mol. The van der Waals surface area contributed by atoms with Gasteiger partial charge in [-0.15, -0.1) is 11.3 Å². The molecule has 1 amide bonds. The molecule has 35 heavy (non-hydrogen) atoms. The minimum Gasteiger partial charge on any atom is -0.306 e.